The van der Waals surface area contributed by atoms with Crippen LogP contribution in [0.25, 0.3) is 0 Å². The minimum absolute atomic E-state index is 0.0423. The molecule has 3 rings (SSSR count). The summed E-state index contributed by atoms with van der Waals surface area (Å²) in [6, 6.07) is 20.4. The molecule has 0 saturated heterocycles. The fourth-order valence-corrected chi connectivity index (χ4v) is 4.88. The summed E-state index contributed by atoms with van der Waals surface area (Å²) < 4.78 is 34.4. The van der Waals surface area contributed by atoms with Gasteiger partial charge in [-0.1, -0.05) is 58.7 Å². The van der Waals surface area contributed by atoms with E-state index < -0.39 is 22.0 Å². The maximum atomic E-state index is 13.5. The van der Waals surface area contributed by atoms with Gasteiger partial charge in [-0.2, -0.15) is 4.31 Å². The predicted octanol–water partition coefficient (Wildman–Crippen LogP) is 5.51. The number of benzene rings is 3. The molecule has 1 atom stereocenters. The molecule has 0 bridgehead atoms. The quantitative estimate of drug-likeness (QED) is 0.428. The number of hydrogen-bond donors (Lipinski definition) is 0. The van der Waals surface area contributed by atoms with Crippen LogP contribution >= 0.6 is 15.9 Å². The highest BCUT2D eigenvalue weighted by molar-refractivity contribution is 9.10. The first kappa shape index (κ1) is 23.0. The summed E-state index contributed by atoms with van der Waals surface area (Å²) in [6.45, 7) is 5.42. The number of anilines is 1. The molecule has 0 aliphatic heterocycles. The molecule has 0 aliphatic carbocycles. The van der Waals surface area contributed by atoms with Gasteiger partial charge in [0.05, 0.1) is 10.6 Å². The maximum absolute atomic E-state index is 13.5. The maximum Gasteiger partial charge on any atom is 0.281 e. The fourth-order valence-electron chi connectivity index (χ4n) is 3.03. The Balaban J connectivity index is 2.01. The highest BCUT2D eigenvalue weighted by Crippen LogP contribution is 2.27. The Hall–Kier alpha value is -2.64. The monoisotopic (exact) mass is 501 g/mol. The van der Waals surface area contributed by atoms with Gasteiger partial charge < -0.3 is 4.74 Å². The molecule has 0 aromatic heterocycles. The van der Waals surface area contributed by atoms with Crippen LogP contribution in [-0.4, -0.2) is 20.4 Å². The molecule has 7 heteroatoms. The first-order valence-corrected chi connectivity index (χ1v) is 12.1. The third-order valence-corrected chi connectivity index (χ3v) is 7.03. The second-order valence-electron chi connectivity index (χ2n) is 7.16. The minimum Gasteiger partial charge on any atom is -0.481 e. The number of rotatable bonds is 7. The van der Waals surface area contributed by atoms with Crippen LogP contribution in [0.15, 0.2) is 82.2 Å². The second-order valence-corrected chi connectivity index (χ2v) is 9.86. The van der Waals surface area contributed by atoms with Gasteiger partial charge in [-0.05, 0) is 68.3 Å². The zero-order chi connectivity index (χ0) is 22.6. The van der Waals surface area contributed by atoms with Crippen LogP contribution in [0.3, 0.4) is 0 Å². The SMILES string of the molecule is CCc1ccc(N(C(=O)C(C)Oc2cccc(Br)c2)S(=O)(=O)c2ccc(C)cc2)cc1. The van der Waals surface area contributed by atoms with E-state index in [9.17, 15) is 13.2 Å². The van der Waals surface area contributed by atoms with Gasteiger partial charge in [0.2, 0.25) is 0 Å². The number of ether oxygens (including phenoxy) is 1. The van der Waals surface area contributed by atoms with Crippen molar-refractivity contribution in [3.05, 3.63) is 88.4 Å². The van der Waals surface area contributed by atoms with Crippen molar-refractivity contribution < 1.29 is 17.9 Å². The third-order valence-electron chi connectivity index (χ3n) is 4.80. The molecule has 0 heterocycles. The van der Waals surface area contributed by atoms with E-state index in [1.807, 2.05) is 32.0 Å². The molecule has 31 heavy (non-hydrogen) atoms. The highest BCUT2D eigenvalue weighted by Gasteiger charge is 2.34. The van der Waals surface area contributed by atoms with Gasteiger partial charge in [-0.25, -0.2) is 8.42 Å². The fraction of sp³-hybridized carbons (Fsp3) is 0.208. The van der Waals surface area contributed by atoms with Crippen molar-refractivity contribution in [2.24, 2.45) is 0 Å². The number of amides is 1. The average molecular weight is 502 g/mol. The van der Waals surface area contributed by atoms with Gasteiger partial charge >= 0.3 is 0 Å². The lowest BCUT2D eigenvalue weighted by Gasteiger charge is -2.26. The van der Waals surface area contributed by atoms with E-state index in [0.717, 1.165) is 26.3 Å². The molecule has 0 saturated carbocycles. The molecule has 5 nitrogen and oxygen atoms in total. The van der Waals surface area contributed by atoms with E-state index in [0.29, 0.717) is 5.75 Å². The standard InChI is InChI=1S/C24H24BrNO4S/c1-4-19-10-12-21(13-11-19)26(31(28,29)23-14-8-17(2)9-15-23)24(27)18(3)30-22-7-5-6-20(25)16-22/h5-16,18H,4H2,1-3H3. The topological polar surface area (TPSA) is 63.7 Å². The number of carbonyl (C=O) groups is 1. The van der Waals surface area contributed by atoms with Gasteiger partial charge in [-0.15, -0.1) is 0 Å². The van der Waals surface area contributed by atoms with E-state index in [-0.39, 0.29) is 10.6 Å². The average Bonchev–Trinajstić information content (AvgIpc) is 2.74. The first-order chi connectivity index (χ1) is 14.7. The Morgan fingerprint density at radius 1 is 1.03 bits per heavy atom. The summed E-state index contributed by atoms with van der Waals surface area (Å²) in [5.74, 6) is -0.214. The summed E-state index contributed by atoms with van der Waals surface area (Å²) in [6.07, 6.45) is -0.221. The Labute approximate surface area is 191 Å². The van der Waals surface area contributed by atoms with Gasteiger partial charge in [0.1, 0.15) is 5.75 Å². The van der Waals surface area contributed by atoms with Crippen LogP contribution in [0.4, 0.5) is 5.69 Å². The van der Waals surface area contributed by atoms with Crippen LogP contribution in [0.1, 0.15) is 25.0 Å². The van der Waals surface area contributed by atoms with Crippen molar-refractivity contribution in [1.29, 1.82) is 0 Å². The van der Waals surface area contributed by atoms with Crippen molar-refractivity contribution in [3.63, 3.8) is 0 Å². The minimum atomic E-state index is -4.14. The summed E-state index contributed by atoms with van der Waals surface area (Å²) >= 11 is 3.37. The van der Waals surface area contributed by atoms with Crippen molar-refractivity contribution in [2.45, 2.75) is 38.2 Å². The molecule has 0 N–H and O–H groups in total. The van der Waals surface area contributed by atoms with Gasteiger partial charge in [0.15, 0.2) is 6.10 Å². The van der Waals surface area contributed by atoms with Crippen LogP contribution in [0.5, 0.6) is 5.75 Å². The number of nitrogens with zero attached hydrogens (tertiary/aromatic N) is 1. The number of carbonyl (C=O) groups excluding carboxylic acids is 1. The molecule has 1 amide bonds. The molecule has 0 spiro atoms. The van der Waals surface area contributed by atoms with Crippen LogP contribution in [0.2, 0.25) is 0 Å². The largest absolute Gasteiger partial charge is 0.481 e. The van der Waals surface area contributed by atoms with Crippen molar-refractivity contribution >= 4 is 37.5 Å². The zero-order valence-electron chi connectivity index (χ0n) is 17.6. The summed E-state index contributed by atoms with van der Waals surface area (Å²) in [4.78, 5) is 13.4. The molecule has 0 aliphatic rings. The summed E-state index contributed by atoms with van der Waals surface area (Å²) in [5, 5.41) is 0. The van der Waals surface area contributed by atoms with Crippen molar-refractivity contribution in [2.75, 3.05) is 4.31 Å². The van der Waals surface area contributed by atoms with Crippen LogP contribution < -0.4 is 9.04 Å². The third kappa shape index (κ3) is 5.35. The van der Waals surface area contributed by atoms with E-state index in [1.54, 1.807) is 49.4 Å². The lowest BCUT2D eigenvalue weighted by molar-refractivity contribution is -0.123. The normalized spacial score (nSPS) is 12.3. The summed E-state index contributed by atoms with van der Waals surface area (Å²) in [5.41, 5.74) is 2.24. The molecule has 0 fully saturated rings. The number of sulfonamides is 1. The Bertz CT molecular complexity index is 1160. The number of halogens is 1. The van der Waals surface area contributed by atoms with Gasteiger partial charge in [-0.3, -0.25) is 4.79 Å². The molecule has 0 radical (unpaired) electrons. The van der Waals surface area contributed by atoms with E-state index >= 15 is 0 Å². The molecule has 1 unspecified atom stereocenters. The van der Waals surface area contributed by atoms with Gasteiger partial charge in [0.25, 0.3) is 15.9 Å². The summed E-state index contributed by atoms with van der Waals surface area (Å²) in [7, 11) is -4.14. The Kier molecular flexibility index (Phi) is 7.18. The Morgan fingerprint density at radius 3 is 2.26 bits per heavy atom. The van der Waals surface area contributed by atoms with Gasteiger partial charge in [0, 0.05) is 4.47 Å². The number of hydrogen-bond acceptors (Lipinski definition) is 4. The first-order valence-electron chi connectivity index (χ1n) is 9.89. The van der Waals surface area contributed by atoms with E-state index in [4.69, 9.17) is 4.74 Å². The lowest BCUT2D eigenvalue weighted by Crippen LogP contribution is -2.44. The molecule has 3 aromatic rings. The predicted molar refractivity (Wildman–Crippen MR) is 126 cm³/mol. The van der Waals surface area contributed by atoms with Crippen LogP contribution in [-0.2, 0) is 21.2 Å². The van der Waals surface area contributed by atoms with E-state index in [1.165, 1.54) is 12.1 Å². The van der Waals surface area contributed by atoms with Crippen molar-refractivity contribution in [1.82, 2.24) is 0 Å². The van der Waals surface area contributed by atoms with Crippen molar-refractivity contribution in [3.8, 4) is 5.75 Å². The Morgan fingerprint density at radius 2 is 1.68 bits per heavy atom. The lowest BCUT2D eigenvalue weighted by atomic mass is 10.1. The molecular formula is C24H24BrNO4S. The molecular weight excluding hydrogens is 478 g/mol. The zero-order valence-corrected chi connectivity index (χ0v) is 20.0. The highest BCUT2D eigenvalue weighted by atomic mass is 79.9. The molecule has 3 aromatic carbocycles. The molecule has 162 valence electrons. The second kappa shape index (κ2) is 9.66. The number of aryl methyl sites for hydroxylation is 2. The van der Waals surface area contributed by atoms with E-state index in [2.05, 4.69) is 15.9 Å². The van der Waals surface area contributed by atoms with Crippen LogP contribution in [0, 0.1) is 6.92 Å². The smallest absolute Gasteiger partial charge is 0.281 e.